The molecule has 0 saturated carbocycles. The zero-order chi connectivity index (χ0) is 11.1. The lowest BCUT2D eigenvalue weighted by Crippen LogP contribution is -2.26. The van der Waals surface area contributed by atoms with Gasteiger partial charge in [0.1, 0.15) is 5.15 Å². The van der Waals surface area contributed by atoms with Crippen molar-refractivity contribution in [1.82, 2.24) is 9.88 Å². The van der Waals surface area contributed by atoms with Gasteiger partial charge < -0.3 is 5.11 Å². The van der Waals surface area contributed by atoms with E-state index in [0.29, 0.717) is 18.2 Å². The van der Waals surface area contributed by atoms with Crippen molar-refractivity contribution in [3.8, 4) is 0 Å². The first kappa shape index (κ1) is 12.2. The normalized spacial score (nSPS) is 10.6. The topological polar surface area (TPSA) is 36.4 Å². The maximum Gasteiger partial charge on any atom is 0.129 e. The Morgan fingerprint density at radius 3 is 2.93 bits per heavy atom. The third-order valence-corrected chi connectivity index (χ3v) is 2.17. The first-order valence-electron chi connectivity index (χ1n) is 4.82. The van der Waals surface area contributed by atoms with E-state index in [1.807, 2.05) is 17.0 Å². The fourth-order valence-corrected chi connectivity index (χ4v) is 1.51. The Hall–Kier alpha value is -0.900. The average Bonchev–Trinajstić information content (AvgIpc) is 2.18. The molecule has 0 unspecified atom stereocenters. The Morgan fingerprint density at radius 1 is 1.53 bits per heavy atom. The van der Waals surface area contributed by atoms with Crippen LogP contribution in [0.3, 0.4) is 0 Å². The van der Waals surface area contributed by atoms with Gasteiger partial charge in [-0.1, -0.05) is 23.7 Å². The lowest BCUT2D eigenvalue weighted by atomic mass is 10.3. The summed E-state index contributed by atoms with van der Waals surface area (Å²) >= 11 is 5.78. The number of hydrogen-bond donors (Lipinski definition) is 1. The Kier molecular flexibility index (Phi) is 5.32. The number of nitrogens with zero attached hydrogens (tertiary/aromatic N) is 2. The predicted octanol–water partition coefficient (Wildman–Crippen LogP) is 1.72. The van der Waals surface area contributed by atoms with Gasteiger partial charge in [-0.25, -0.2) is 4.98 Å². The van der Waals surface area contributed by atoms with E-state index in [-0.39, 0.29) is 6.61 Å². The van der Waals surface area contributed by atoms with Crippen LogP contribution >= 0.6 is 11.6 Å². The third kappa shape index (κ3) is 4.42. The second-order valence-electron chi connectivity index (χ2n) is 3.20. The van der Waals surface area contributed by atoms with Crippen LogP contribution in [0.2, 0.25) is 5.15 Å². The van der Waals surface area contributed by atoms with Crippen LogP contribution in [0.1, 0.15) is 5.69 Å². The Bertz CT molecular complexity index is 317. The van der Waals surface area contributed by atoms with Gasteiger partial charge in [-0.2, -0.15) is 0 Å². The van der Waals surface area contributed by atoms with E-state index in [4.69, 9.17) is 16.7 Å². The molecule has 0 aliphatic carbocycles. The van der Waals surface area contributed by atoms with Crippen LogP contribution in [0.15, 0.2) is 30.9 Å². The summed E-state index contributed by atoms with van der Waals surface area (Å²) in [6.07, 6.45) is 1.81. The molecule has 0 saturated heterocycles. The van der Waals surface area contributed by atoms with Gasteiger partial charge in [-0.3, -0.25) is 4.90 Å². The summed E-state index contributed by atoms with van der Waals surface area (Å²) in [4.78, 5) is 6.23. The molecule has 3 nitrogen and oxygen atoms in total. The molecule has 1 aromatic rings. The predicted molar refractivity (Wildman–Crippen MR) is 61.8 cm³/mol. The number of halogens is 1. The van der Waals surface area contributed by atoms with Crippen molar-refractivity contribution < 1.29 is 5.11 Å². The van der Waals surface area contributed by atoms with E-state index in [1.54, 1.807) is 12.1 Å². The van der Waals surface area contributed by atoms with Crippen molar-refractivity contribution >= 4 is 11.6 Å². The largest absolute Gasteiger partial charge is 0.395 e. The van der Waals surface area contributed by atoms with E-state index < -0.39 is 0 Å². The monoisotopic (exact) mass is 226 g/mol. The zero-order valence-corrected chi connectivity index (χ0v) is 9.32. The SMILES string of the molecule is C=CCN(CCO)Cc1cccc(Cl)n1. The minimum absolute atomic E-state index is 0.133. The third-order valence-electron chi connectivity index (χ3n) is 1.96. The van der Waals surface area contributed by atoms with Crippen molar-refractivity contribution in [1.29, 1.82) is 0 Å². The molecule has 0 aliphatic rings. The van der Waals surface area contributed by atoms with Crippen molar-refractivity contribution in [2.75, 3.05) is 19.7 Å². The highest BCUT2D eigenvalue weighted by molar-refractivity contribution is 6.29. The van der Waals surface area contributed by atoms with Gasteiger partial charge in [-0.15, -0.1) is 6.58 Å². The average molecular weight is 227 g/mol. The molecule has 0 radical (unpaired) electrons. The summed E-state index contributed by atoms with van der Waals surface area (Å²) in [6.45, 7) is 5.82. The van der Waals surface area contributed by atoms with Crippen LogP contribution in [0.25, 0.3) is 0 Å². The number of aliphatic hydroxyl groups is 1. The molecular weight excluding hydrogens is 212 g/mol. The number of aliphatic hydroxyl groups excluding tert-OH is 1. The molecule has 82 valence electrons. The van der Waals surface area contributed by atoms with E-state index >= 15 is 0 Å². The first-order valence-corrected chi connectivity index (χ1v) is 5.19. The minimum Gasteiger partial charge on any atom is -0.395 e. The molecule has 15 heavy (non-hydrogen) atoms. The Morgan fingerprint density at radius 2 is 2.33 bits per heavy atom. The highest BCUT2D eigenvalue weighted by atomic mass is 35.5. The first-order chi connectivity index (χ1) is 7.26. The van der Waals surface area contributed by atoms with Gasteiger partial charge in [0.2, 0.25) is 0 Å². The van der Waals surface area contributed by atoms with Crippen LogP contribution in [0.5, 0.6) is 0 Å². The summed E-state index contributed by atoms with van der Waals surface area (Å²) in [6, 6.07) is 5.53. The van der Waals surface area contributed by atoms with Gasteiger partial charge in [0, 0.05) is 19.6 Å². The second-order valence-corrected chi connectivity index (χ2v) is 3.59. The maximum atomic E-state index is 8.87. The van der Waals surface area contributed by atoms with E-state index in [0.717, 1.165) is 12.2 Å². The zero-order valence-electron chi connectivity index (χ0n) is 8.56. The van der Waals surface area contributed by atoms with Crippen LogP contribution in [-0.2, 0) is 6.54 Å². The maximum absolute atomic E-state index is 8.87. The molecule has 0 amide bonds. The highest BCUT2D eigenvalue weighted by Gasteiger charge is 2.04. The number of hydrogen-bond acceptors (Lipinski definition) is 3. The fraction of sp³-hybridized carbons (Fsp3) is 0.364. The smallest absolute Gasteiger partial charge is 0.129 e. The number of rotatable bonds is 6. The van der Waals surface area contributed by atoms with Gasteiger partial charge in [-0.05, 0) is 12.1 Å². The van der Waals surface area contributed by atoms with Crippen LogP contribution in [0.4, 0.5) is 0 Å². The molecule has 0 fully saturated rings. The summed E-state index contributed by atoms with van der Waals surface area (Å²) in [7, 11) is 0. The summed E-state index contributed by atoms with van der Waals surface area (Å²) < 4.78 is 0. The molecule has 0 bridgehead atoms. The minimum atomic E-state index is 0.133. The number of pyridine rings is 1. The van der Waals surface area contributed by atoms with Gasteiger partial charge in [0.15, 0.2) is 0 Å². The lowest BCUT2D eigenvalue weighted by molar-refractivity contribution is 0.202. The standard InChI is InChI=1S/C11H15ClN2O/c1-2-6-14(7-8-15)9-10-4-3-5-11(12)13-10/h2-5,15H,1,6-9H2. The second kappa shape index (κ2) is 6.56. The quantitative estimate of drug-likeness (QED) is 0.593. The van der Waals surface area contributed by atoms with E-state index in [9.17, 15) is 0 Å². The van der Waals surface area contributed by atoms with Crippen molar-refractivity contribution in [3.05, 3.63) is 41.7 Å². The summed E-state index contributed by atoms with van der Waals surface area (Å²) in [5.41, 5.74) is 0.901. The van der Waals surface area contributed by atoms with Crippen LogP contribution < -0.4 is 0 Å². The van der Waals surface area contributed by atoms with E-state index in [2.05, 4.69) is 11.6 Å². The molecule has 0 aliphatic heterocycles. The molecule has 1 rings (SSSR count). The van der Waals surface area contributed by atoms with Crippen molar-refractivity contribution in [2.24, 2.45) is 0 Å². The van der Waals surface area contributed by atoms with Crippen molar-refractivity contribution in [3.63, 3.8) is 0 Å². The van der Waals surface area contributed by atoms with E-state index in [1.165, 1.54) is 0 Å². The van der Waals surface area contributed by atoms with Gasteiger partial charge >= 0.3 is 0 Å². The number of aromatic nitrogens is 1. The molecule has 4 heteroatoms. The van der Waals surface area contributed by atoms with Crippen LogP contribution in [0, 0.1) is 0 Å². The van der Waals surface area contributed by atoms with Gasteiger partial charge in [0.05, 0.1) is 12.3 Å². The Balaban J connectivity index is 2.60. The molecule has 0 spiro atoms. The molecular formula is C11H15ClN2O. The molecule has 1 aromatic heterocycles. The molecule has 1 heterocycles. The molecule has 1 N–H and O–H groups in total. The fourth-order valence-electron chi connectivity index (χ4n) is 1.33. The van der Waals surface area contributed by atoms with Gasteiger partial charge in [0.25, 0.3) is 0 Å². The Labute approximate surface area is 95.0 Å². The van der Waals surface area contributed by atoms with Crippen molar-refractivity contribution in [2.45, 2.75) is 6.54 Å². The molecule has 0 aromatic carbocycles. The lowest BCUT2D eigenvalue weighted by Gasteiger charge is -2.18. The van der Waals surface area contributed by atoms with Crippen LogP contribution in [-0.4, -0.2) is 34.7 Å². The highest BCUT2D eigenvalue weighted by Crippen LogP contribution is 2.07. The molecule has 0 atom stereocenters. The summed E-state index contributed by atoms with van der Waals surface area (Å²) in [5, 5.41) is 9.37. The summed E-state index contributed by atoms with van der Waals surface area (Å²) in [5.74, 6) is 0.